The van der Waals surface area contributed by atoms with Gasteiger partial charge in [-0.2, -0.15) is 0 Å². The first kappa shape index (κ1) is 20.5. The standard InChI is InChI=1S/C22H17ClN2O6S/c23-14-6-8-18-17(10-14)25(32(27,28)16-4-2-1-3-5-16)12-21(31-18)22(26)24-15-7-9-19-20(11-15)30-13-29-19/h1-11,21H,12-13H2,(H,24,26). The largest absolute Gasteiger partial charge is 0.476 e. The minimum absolute atomic E-state index is 0.0998. The number of hydrogen-bond acceptors (Lipinski definition) is 6. The second kappa shape index (κ2) is 7.92. The predicted octanol–water partition coefficient (Wildman–Crippen LogP) is 3.66. The summed E-state index contributed by atoms with van der Waals surface area (Å²) in [5, 5.41) is 3.10. The second-order valence-electron chi connectivity index (χ2n) is 7.13. The van der Waals surface area contributed by atoms with E-state index in [9.17, 15) is 13.2 Å². The van der Waals surface area contributed by atoms with Gasteiger partial charge >= 0.3 is 0 Å². The Morgan fingerprint density at radius 3 is 2.53 bits per heavy atom. The van der Waals surface area contributed by atoms with Crippen LogP contribution in [-0.4, -0.2) is 33.8 Å². The third-order valence-electron chi connectivity index (χ3n) is 5.05. The molecule has 0 saturated carbocycles. The molecule has 5 rings (SSSR count). The number of carbonyl (C=O) groups excluding carboxylic acids is 1. The van der Waals surface area contributed by atoms with Crippen LogP contribution < -0.4 is 23.8 Å². The normalized spacial score (nSPS) is 16.8. The number of halogens is 1. The van der Waals surface area contributed by atoms with Crippen LogP contribution in [-0.2, 0) is 14.8 Å². The summed E-state index contributed by atoms with van der Waals surface area (Å²) in [4.78, 5) is 13.1. The number of rotatable bonds is 4. The van der Waals surface area contributed by atoms with Crippen molar-refractivity contribution in [3.05, 3.63) is 71.8 Å². The van der Waals surface area contributed by atoms with Crippen molar-refractivity contribution in [1.29, 1.82) is 0 Å². The van der Waals surface area contributed by atoms with Gasteiger partial charge in [-0.25, -0.2) is 8.42 Å². The lowest BCUT2D eigenvalue weighted by molar-refractivity contribution is -0.122. The Balaban J connectivity index is 1.46. The molecule has 2 aliphatic rings. The van der Waals surface area contributed by atoms with E-state index in [1.165, 1.54) is 18.2 Å². The van der Waals surface area contributed by atoms with E-state index < -0.39 is 22.0 Å². The van der Waals surface area contributed by atoms with Gasteiger partial charge in [0.2, 0.25) is 6.79 Å². The number of anilines is 2. The molecular weight excluding hydrogens is 456 g/mol. The average Bonchev–Trinajstić information content (AvgIpc) is 3.27. The van der Waals surface area contributed by atoms with E-state index in [2.05, 4.69) is 5.32 Å². The molecule has 0 saturated heterocycles. The molecule has 3 aromatic carbocycles. The van der Waals surface area contributed by atoms with E-state index in [1.807, 2.05) is 0 Å². The third kappa shape index (κ3) is 3.69. The van der Waals surface area contributed by atoms with Crippen LogP contribution in [0.5, 0.6) is 17.2 Å². The number of amides is 1. The van der Waals surface area contributed by atoms with Gasteiger partial charge in [0.25, 0.3) is 15.9 Å². The fourth-order valence-electron chi connectivity index (χ4n) is 3.51. The smallest absolute Gasteiger partial charge is 0.267 e. The van der Waals surface area contributed by atoms with E-state index in [4.69, 9.17) is 25.8 Å². The molecule has 2 aliphatic heterocycles. The van der Waals surface area contributed by atoms with Gasteiger partial charge in [-0.1, -0.05) is 29.8 Å². The first-order valence-corrected chi connectivity index (χ1v) is 11.5. The summed E-state index contributed by atoms with van der Waals surface area (Å²) in [6.07, 6.45) is -1.09. The fourth-order valence-corrected chi connectivity index (χ4v) is 5.16. The highest BCUT2D eigenvalue weighted by Gasteiger charge is 2.38. The summed E-state index contributed by atoms with van der Waals surface area (Å²) in [6.45, 7) is -0.106. The van der Waals surface area contributed by atoms with Crippen molar-refractivity contribution < 1.29 is 27.4 Å². The number of nitrogens with one attached hydrogen (secondary N) is 1. The Labute approximate surface area is 189 Å². The minimum atomic E-state index is -3.96. The SMILES string of the molecule is O=C(Nc1ccc2c(c1)OCO2)C1CN(S(=O)(=O)c2ccccc2)c2cc(Cl)ccc2O1. The molecule has 10 heteroatoms. The van der Waals surface area contributed by atoms with Crippen LogP contribution >= 0.6 is 11.6 Å². The summed E-state index contributed by atoms with van der Waals surface area (Å²) in [5.74, 6) is 0.840. The molecule has 0 bridgehead atoms. The molecule has 3 aromatic rings. The van der Waals surface area contributed by atoms with Crippen LogP contribution in [0, 0.1) is 0 Å². The van der Waals surface area contributed by atoms with Crippen LogP contribution in [0.25, 0.3) is 0 Å². The van der Waals surface area contributed by atoms with Crippen molar-refractivity contribution in [2.45, 2.75) is 11.0 Å². The molecule has 1 unspecified atom stereocenters. The second-order valence-corrected chi connectivity index (χ2v) is 9.42. The van der Waals surface area contributed by atoms with Gasteiger partial charge in [-0.3, -0.25) is 9.10 Å². The number of nitrogens with zero attached hydrogens (tertiary/aromatic N) is 1. The first-order valence-electron chi connectivity index (χ1n) is 9.66. The monoisotopic (exact) mass is 472 g/mol. The predicted molar refractivity (Wildman–Crippen MR) is 118 cm³/mol. The Kier molecular flexibility index (Phi) is 5.07. The molecule has 0 fully saturated rings. The van der Waals surface area contributed by atoms with Crippen molar-refractivity contribution in [3.8, 4) is 17.2 Å². The summed E-state index contributed by atoms with van der Waals surface area (Å²) in [6, 6.07) is 17.6. The van der Waals surface area contributed by atoms with E-state index in [0.29, 0.717) is 22.2 Å². The van der Waals surface area contributed by atoms with Crippen LogP contribution in [0.2, 0.25) is 5.02 Å². The zero-order valence-corrected chi connectivity index (χ0v) is 18.1. The first-order chi connectivity index (χ1) is 15.4. The number of sulfonamides is 1. The lowest BCUT2D eigenvalue weighted by Crippen LogP contribution is -2.48. The van der Waals surface area contributed by atoms with E-state index in [1.54, 1.807) is 48.5 Å². The van der Waals surface area contributed by atoms with Crippen LogP contribution in [0.1, 0.15) is 0 Å². The number of benzene rings is 3. The highest BCUT2D eigenvalue weighted by molar-refractivity contribution is 7.92. The maximum atomic E-state index is 13.4. The van der Waals surface area contributed by atoms with E-state index in [0.717, 1.165) is 4.31 Å². The Morgan fingerprint density at radius 2 is 1.72 bits per heavy atom. The van der Waals surface area contributed by atoms with Crippen molar-refractivity contribution in [2.75, 3.05) is 23.0 Å². The van der Waals surface area contributed by atoms with Gasteiger partial charge in [-0.15, -0.1) is 0 Å². The van der Waals surface area contributed by atoms with Gasteiger partial charge in [0, 0.05) is 16.8 Å². The van der Waals surface area contributed by atoms with Crippen LogP contribution in [0.4, 0.5) is 11.4 Å². The fraction of sp³-hybridized carbons (Fsp3) is 0.136. The molecule has 0 aliphatic carbocycles. The molecule has 0 radical (unpaired) electrons. The Hall–Kier alpha value is -3.43. The number of hydrogen-bond donors (Lipinski definition) is 1. The number of carbonyl (C=O) groups is 1. The lowest BCUT2D eigenvalue weighted by atomic mass is 10.2. The summed E-state index contributed by atoms with van der Waals surface area (Å²) < 4.78 is 44.4. The molecule has 164 valence electrons. The zero-order chi connectivity index (χ0) is 22.3. The molecule has 0 aromatic heterocycles. The maximum absolute atomic E-state index is 13.4. The number of fused-ring (bicyclic) bond motifs is 2. The minimum Gasteiger partial charge on any atom is -0.476 e. The van der Waals surface area contributed by atoms with Gasteiger partial charge in [-0.05, 0) is 42.5 Å². The quantitative estimate of drug-likeness (QED) is 0.622. The van der Waals surface area contributed by atoms with Gasteiger partial charge in [0.05, 0.1) is 17.1 Å². The molecule has 2 heterocycles. The van der Waals surface area contributed by atoms with E-state index >= 15 is 0 Å². The van der Waals surface area contributed by atoms with Crippen molar-refractivity contribution in [2.24, 2.45) is 0 Å². The molecule has 1 N–H and O–H groups in total. The molecule has 32 heavy (non-hydrogen) atoms. The summed E-state index contributed by atoms with van der Waals surface area (Å²) in [7, 11) is -3.96. The van der Waals surface area contributed by atoms with Crippen LogP contribution in [0.15, 0.2) is 71.6 Å². The molecule has 1 atom stereocenters. The van der Waals surface area contributed by atoms with E-state index in [-0.39, 0.29) is 29.7 Å². The highest BCUT2D eigenvalue weighted by Crippen LogP contribution is 2.39. The molecule has 1 amide bonds. The maximum Gasteiger partial charge on any atom is 0.267 e. The van der Waals surface area contributed by atoms with Gasteiger partial charge < -0.3 is 19.5 Å². The third-order valence-corrected chi connectivity index (χ3v) is 7.08. The molecule has 0 spiro atoms. The van der Waals surface area contributed by atoms with Crippen molar-refractivity contribution in [3.63, 3.8) is 0 Å². The van der Waals surface area contributed by atoms with Crippen LogP contribution in [0.3, 0.4) is 0 Å². The number of ether oxygens (including phenoxy) is 3. The van der Waals surface area contributed by atoms with Crippen molar-refractivity contribution in [1.82, 2.24) is 0 Å². The topological polar surface area (TPSA) is 94.2 Å². The van der Waals surface area contributed by atoms with Crippen molar-refractivity contribution >= 4 is 38.9 Å². The van der Waals surface area contributed by atoms with Gasteiger partial charge in [0.15, 0.2) is 17.6 Å². The Morgan fingerprint density at radius 1 is 0.969 bits per heavy atom. The average molecular weight is 473 g/mol. The Bertz CT molecular complexity index is 1300. The summed E-state index contributed by atoms with van der Waals surface area (Å²) in [5.41, 5.74) is 0.746. The zero-order valence-electron chi connectivity index (χ0n) is 16.5. The molecule has 8 nitrogen and oxygen atoms in total. The van der Waals surface area contributed by atoms with Gasteiger partial charge in [0.1, 0.15) is 5.75 Å². The highest BCUT2D eigenvalue weighted by atomic mass is 35.5. The lowest BCUT2D eigenvalue weighted by Gasteiger charge is -2.34. The summed E-state index contributed by atoms with van der Waals surface area (Å²) >= 11 is 6.11. The molecular formula is C22H17ClN2O6S.